The quantitative estimate of drug-likeness (QED) is 0.201. The number of nitro benzene ring substituents is 1. The van der Waals surface area contributed by atoms with Crippen LogP contribution < -0.4 is 5.32 Å². The minimum Gasteiger partial charge on any atom is -0.481 e. The molecule has 0 spiro atoms. The van der Waals surface area contributed by atoms with Crippen LogP contribution in [0.3, 0.4) is 0 Å². The molecule has 1 aromatic heterocycles. The number of nitrogens with one attached hydrogen (secondary N) is 1. The van der Waals surface area contributed by atoms with Gasteiger partial charge >= 0.3 is 5.97 Å². The number of carbonyl (C=O) groups is 3. The molecule has 1 saturated heterocycles. The van der Waals surface area contributed by atoms with E-state index in [4.69, 9.17) is 23.2 Å². The summed E-state index contributed by atoms with van der Waals surface area (Å²) in [6.07, 6.45) is 3.54. The number of nitro groups is 1. The number of carboxylic acid groups (broad SMARTS) is 1. The fraction of sp³-hybridized carbons (Fsp3) is 0.269. The maximum Gasteiger partial charge on any atom is 0.305 e. The zero-order valence-electron chi connectivity index (χ0n) is 19.9. The van der Waals surface area contributed by atoms with Gasteiger partial charge in [0.1, 0.15) is 0 Å². The lowest BCUT2D eigenvalue weighted by molar-refractivity contribution is -0.384. The van der Waals surface area contributed by atoms with Gasteiger partial charge in [-0.1, -0.05) is 35.3 Å². The van der Waals surface area contributed by atoms with Crippen molar-refractivity contribution in [3.05, 3.63) is 79.1 Å². The van der Waals surface area contributed by atoms with Crippen molar-refractivity contribution < 1.29 is 24.4 Å². The summed E-state index contributed by atoms with van der Waals surface area (Å²) in [5.41, 5.74) is 0.974. The number of carboxylic acids is 1. The Labute approximate surface area is 231 Å². The number of thiophene rings is 1. The molecule has 1 fully saturated rings. The van der Waals surface area contributed by atoms with E-state index in [0.29, 0.717) is 47.1 Å². The summed E-state index contributed by atoms with van der Waals surface area (Å²) >= 11 is 14.2. The minimum absolute atomic E-state index is 0.127. The Morgan fingerprint density at radius 1 is 1.16 bits per heavy atom. The average Bonchev–Trinajstić information content (AvgIpc) is 3.38. The molecule has 0 radical (unpaired) electrons. The van der Waals surface area contributed by atoms with Crippen LogP contribution in [-0.2, 0) is 14.4 Å². The second kappa shape index (κ2) is 11.9. The van der Waals surface area contributed by atoms with E-state index in [9.17, 15) is 29.6 Å². The highest BCUT2D eigenvalue weighted by molar-refractivity contribution is 7.18. The summed E-state index contributed by atoms with van der Waals surface area (Å²) in [7, 11) is 0. The lowest BCUT2D eigenvalue weighted by Gasteiger charge is -2.31. The van der Waals surface area contributed by atoms with Crippen LogP contribution in [0.15, 0.2) is 47.9 Å². The van der Waals surface area contributed by atoms with Gasteiger partial charge in [0.25, 0.3) is 5.69 Å². The van der Waals surface area contributed by atoms with Gasteiger partial charge < -0.3 is 15.3 Å². The standard InChI is InChI=1S/C26H23Cl2N3O6S/c27-23-17(13-18-9-12-38-25(18)24(23)28)3-6-21(32)30-10-7-16(8-11-30)26(35)29-20(14-22(33)34)15-1-4-19(5-2-15)31(36)37/h1-6,9,12-13,16,20H,7-8,10-11,14H2,(H,29,35)(H,33,34). The van der Waals surface area contributed by atoms with Gasteiger partial charge in [0.15, 0.2) is 0 Å². The first kappa shape index (κ1) is 27.6. The van der Waals surface area contributed by atoms with Gasteiger partial charge in [-0.25, -0.2) is 0 Å². The molecule has 38 heavy (non-hydrogen) atoms. The molecule has 2 amide bonds. The molecule has 0 bridgehead atoms. The molecule has 0 saturated carbocycles. The normalized spacial score (nSPS) is 15.1. The Bertz CT molecular complexity index is 1410. The summed E-state index contributed by atoms with van der Waals surface area (Å²) in [6.45, 7) is 0.723. The average molecular weight is 576 g/mol. The molecule has 1 aliphatic rings. The van der Waals surface area contributed by atoms with Crippen LogP contribution >= 0.6 is 34.5 Å². The van der Waals surface area contributed by atoms with E-state index < -0.39 is 22.9 Å². The number of benzene rings is 2. The minimum atomic E-state index is -1.11. The number of non-ortho nitro benzene ring substituents is 1. The first-order valence-electron chi connectivity index (χ1n) is 11.7. The van der Waals surface area contributed by atoms with Crippen molar-refractivity contribution in [3.63, 3.8) is 0 Å². The first-order valence-corrected chi connectivity index (χ1v) is 13.4. The maximum absolute atomic E-state index is 12.9. The van der Waals surface area contributed by atoms with Crippen molar-refractivity contribution in [2.24, 2.45) is 5.92 Å². The molecule has 1 unspecified atom stereocenters. The maximum atomic E-state index is 12.9. The van der Waals surface area contributed by atoms with Crippen molar-refractivity contribution >= 4 is 74.2 Å². The van der Waals surface area contributed by atoms with Crippen LogP contribution in [-0.4, -0.2) is 45.8 Å². The van der Waals surface area contributed by atoms with Gasteiger partial charge in [0.2, 0.25) is 11.8 Å². The predicted molar refractivity (Wildman–Crippen MR) is 146 cm³/mol. The molecular formula is C26H23Cl2N3O6S. The van der Waals surface area contributed by atoms with Crippen LogP contribution in [0.25, 0.3) is 16.2 Å². The van der Waals surface area contributed by atoms with E-state index in [-0.39, 0.29) is 23.9 Å². The third kappa shape index (κ3) is 6.32. The third-order valence-electron chi connectivity index (χ3n) is 6.44. The van der Waals surface area contributed by atoms with Crippen LogP contribution in [0.1, 0.15) is 36.4 Å². The molecule has 2 aromatic carbocycles. The Hall–Kier alpha value is -3.47. The highest BCUT2D eigenvalue weighted by atomic mass is 35.5. The third-order valence-corrected chi connectivity index (χ3v) is 8.38. The molecule has 12 heteroatoms. The van der Waals surface area contributed by atoms with Crippen LogP contribution in [0.4, 0.5) is 5.69 Å². The van der Waals surface area contributed by atoms with Crippen molar-refractivity contribution in [1.82, 2.24) is 10.2 Å². The number of hydrogen-bond acceptors (Lipinski definition) is 6. The summed E-state index contributed by atoms with van der Waals surface area (Å²) in [4.78, 5) is 49.0. The largest absolute Gasteiger partial charge is 0.481 e. The Morgan fingerprint density at radius 2 is 1.84 bits per heavy atom. The van der Waals surface area contributed by atoms with E-state index in [0.717, 1.165) is 10.1 Å². The number of rotatable bonds is 8. The molecule has 198 valence electrons. The zero-order valence-corrected chi connectivity index (χ0v) is 22.3. The van der Waals surface area contributed by atoms with Gasteiger partial charge in [-0.2, -0.15) is 0 Å². The smallest absolute Gasteiger partial charge is 0.305 e. The molecule has 3 aromatic rings. The number of aliphatic carboxylic acids is 1. The lowest BCUT2D eigenvalue weighted by Crippen LogP contribution is -2.43. The highest BCUT2D eigenvalue weighted by Gasteiger charge is 2.29. The summed E-state index contributed by atoms with van der Waals surface area (Å²) < 4.78 is 0.889. The number of hydrogen-bond donors (Lipinski definition) is 2. The van der Waals surface area contributed by atoms with E-state index in [1.807, 2.05) is 17.5 Å². The lowest BCUT2D eigenvalue weighted by atomic mass is 9.94. The van der Waals surface area contributed by atoms with Crippen molar-refractivity contribution in [1.29, 1.82) is 0 Å². The van der Waals surface area contributed by atoms with E-state index in [2.05, 4.69) is 5.32 Å². The van der Waals surface area contributed by atoms with Crippen LogP contribution in [0.2, 0.25) is 10.0 Å². The molecule has 1 atom stereocenters. The molecule has 2 heterocycles. The second-order valence-corrected chi connectivity index (χ2v) is 10.5. The molecule has 4 rings (SSSR count). The first-order chi connectivity index (χ1) is 18.1. The van der Waals surface area contributed by atoms with Crippen molar-refractivity contribution in [3.8, 4) is 0 Å². The van der Waals surface area contributed by atoms with Gasteiger partial charge in [-0.15, -0.1) is 11.3 Å². The van der Waals surface area contributed by atoms with Gasteiger partial charge in [-0.05, 0) is 52.9 Å². The van der Waals surface area contributed by atoms with Crippen LogP contribution in [0.5, 0.6) is 0 Å². The summed E-state index contributed by atoms with van der Waals surface area (Å²) in [5.74, 6) is -2.04. The number of nitrogens with zero attached hydrogens (tertiary/aromatic N) is 2. The zero-order chi connectivity index (χ0) is 27.4. The number of piperidine rings is 1. The van der Waals surface area contributed by atoms with Gasteiger partial charge in [0, 0.05) is 37.2 Å². The number of fused-ring (bicyclic) bond motifs is 1. The number of halogens is 2. The number of amides is 2. The van der Waals surface area contributed by atoms with E-state index in [1.54, 1.807) is 11.0 Å². The molecule has 1 aliphatic heterocycles. The molecule has 2 N–H and O–H groups in total. The summed E-state index contributed by atoms with van der Waals surface area (Å²) in [5, 5.41) is 26.6. The van der Waals surface area contributed by atoms with Crippen molar-refractivity contribution in [2.45, 2.75) is 25.3 Å². The predicted octanol–water partition coefficient (Wildman–Crippen LogP) is 5.70. The Kier molecular flexibility index (Phi) is 8.65. The highest BCUT2D eigenvalue weighted by Crippen LogP contribution is 2.37. The summed E-state index contributed by atoms with van der Waals surface area (Å²) in [6, 6.07) is 8.39. The fourth-order valence-electron chi connectivity index (χ4n) is 4.36. The number of likely N-dealkylation sites (tertiary alicyclic amines) is 1. The van der Waals surface area contributed by atoms with Crippen LogP contribution in [0, 0.1) is 16.0 Å². The fourth-order valence-corrected chi connectivity index (χ4v) is 5.80. The molecular weight excluding hydrogens is 553 g/mol. The van der Waals surface area contributed by atoms with E-state index in [1.165, 1.54) is 41.7 Å². The van der Waals surface area contributed by atoms with Gasteiger partial charge in [-0.3, -0.25) is 24.5 Å². The Balaban J connectivity index is 1.35. The van der Waals surface area contributed by atoms with Gasteiger partial charge in [0.05, 0.1) is 32.1 Å². The Morgan fingerprint density at radius 3 is 2.47 bits per heavy atom. The molecule has 0 aliphatic carbocycles. The second-order valence-electron chi connectivity index (χ2n) is 8.87. The topological polar surface area (TPSA) is 130 Å². The monoisotopic (exact) mass is 575 g/mol. The van der Waals surface area contributed by atoms with E-state index >= 15 is 0 Å². The number of carbonyl (C=O) groups excluding carboxylic acids is 2. The van der Waals surface area contributed by atoms with Crippen molar-refractivity contribution in [2.75, 3.05) is 13.1 Å². The SMILES string of the molecule is O=C(O)CC(NC(=O)C1CCN(C(=O)C=Cc2cc3ccsc3c(Cl)c2Cl)CC1)c1ccc([N+](=O)[O-])cc1. The molecule has 9 nitrogen and oxygen atoms in total.